The molecule has 2 aliphatic heterocycles. The van der Waals surface area contributed by atoms with Gasteiger partial charge in [0, 0.05) is 74.7 Å². The fraction of sp³-hybridized carbons (Fsp3) is 0.395. The third-order valence-corrected chi connectivity index (χ3v) is 12.4. The maximum absolute atomic E-state index is 11.9. The monoisotopic (exact) mass is 761 g/mol. The fourth-order valence-electron chi connectivity index (χ4n) is 8.95. The van der Waals surface area contributed by atoms with Crippen molar-refractivity contribution < 1.29 is 14.3 Å². The molecule has 5 aromatic rings. The number of fused-ring (bicyclic) bond motifs is 1. The summed E-state index contributed by atoms with van der Waals surface area (Å²) in [6.07, 6.45) is 9.32. The lowest BCUT2D eigenvalue weighted by Gasteiger charge is -2.58. The van der Waals surface area contributed by atoms with Crippen molar-refractivity contribution in [2.75, 3.05) is 44.7 Å². The van der Waals surface area contributed by atoms with E-state index < -0.39 is 0 Å². The number of pyridine rings is 1. The number of piperidine rings is 1. The first-order valence-corrected chi connectivity index (χ1v) is 19.5. The predicted molar refractivity (Wildman–Crippen MR) is 211 cm³/mol. The number of piperazine rings is 1. The minimum Gasteiger partial charge on any atom is -0.496 e. The van der Waals surface area contributed by atoms with Gasteiger partial charge in [-0.25, -0.2) is 4.98 Å². The van der Waals surface area contributed by atoms with Crippen LogP contribution in [0.4, 0.5) is 5.69 Å². The number of methoxy groups -OCH3 is 1. The molecule has 0 radical (unpaired) electrons. The van der Waals surface area contributed by atoms with Crippen molar-refractivity contribution in [3.63, 3.8) is 0 Å². The number of hydrogen-bond donors (Lipinski definition) is 1. The van der Waals surface area contributed by atoms with E-state index in [-0.39, 0.29) is 0 Å². The second-order valence-electron chi connectivity index (χ2n) is 15.3. The van der Waals surface area contributed by atoms with Crippen LogP contribution in [0.25, 0.3) is 11.0 Å². The van der Waals surface area contributed by atoms with E-state index in [4.69, 9.17) is 9.47 Å². The van der Waals surface area contributed by atoms with Crippen LogP contribution < -0.4 is 14.4 Å². The molecule has 8 rings (SSSR count). The number of hydrogen-bond acceptors (Lipinski definition) is 7. The van der Waals surface area contributed by atoms with Crippen molar-refractivity contribution in [2.24, 2.45) is 5.41 Å². The molecule has 8 nitrogen and oxygen atoms in total. The molecule has 1 spiro atoms. The minimum atomic E-state index is 0.374. The molecule has 2 aromatic heterocycles. The molecule has 1 N–H and O–H groups in total. The first kappa shape index (κ1) is 34.9. The van der Waals surface area contributed by atoms with E-state index >= 15 is 0 Å². The van der Waals surface area contributed by atoms with Crippen LogP contribution in [-0.2, 0) is 6.54 Å². The number of benzene rings is 3. The van der Waals surface area contributed by atoms with Crippen LogP contribution in [0.5, 0.6) is 17.2 Å². The third kappa shape index (κ3) is 6.98. The summed E-state index contributed by atoms with van der Waals surface area (Å²) in [5, 5.41) is 0.973. The van der Waals surface area contributed by atoms with Crippen molar-refractivity contribution in [1.29, 1.82) is 0 Å². The molecule has 1 saturated carbocycles. The zero-order chi connectivity index (χ0) is 35.8. The Morgan fingerprint density at radius 2 is 1.81 bits per heavy atom. The second kappa shape index (κ2) is 14.7. The van der Waals surface area contributed by atoms with E-state index in [1.807, 2.05) is 30.5 Å². The fourth-order valence-corrected chi connectivity index (χ4v) is 9.54. The smallest absolute Gasteiger partial charge is 0.153 e. The minimum absolute atomic E-state index is 0.374. The van der Waals surface area contributed by atoms with Crippen LogP contribution in [0, 0.1) is 5.41 Å². The molecule has 3 aliphatic rings. The van der Waals surface area contributed by atoms with Gasteiger partial charge >= 0.3 is 0 Å². The molecule has 1 aliphatic carbocycles. The van der Waals surface area contributed by atoms with Gasteiger partial charge in [0.1, 0.15) is 22.9 Å². The number of ether oxygens (including phenoxy) is 2. The molecule has 3 aromatic carbocycles. The molecular formula is C43H48BrN5O3. The highest BCUT2D eigenvalue weighted by molar-refractivity contribution is 9.10. The van der Waals surface area contributed by atoms with Crippen LogP contribution in [0.15, 0.2) is 89.7 Å². The van der Waals surface area contributed by atoms with Gasteiger partial charge < -0.3 is 19.4 Å². The summed E-state index contributed by atoms with van der Waals surface area (Å²) in [7, 11) is 1.72. The average molecular weight is 763 g/mol. The number of rotatable bonds is 10. The van der Waals surface area contributed by atoms with E-state index in [0.717, 1.165) is 72.5 Å². The van der Waals surface area contributed by atoms with E-state index in [2.05, 4.69) is 103 Å². The summed E-state index contributed by atoms with van der Waals surface area (Å²) < 4.78 is 12.7. The Morgan fingerprint density at radius 1 is 0.981 bits per heavy atom. The SMILES string of the molecule is COc1ccc(CN2CCN(C3CC4(CCN(c5ccc(C=O)c(Oc6cnc7[nH]ccc7c6)c5)CC4)C3)C(c3ccccc3C(C)C)C2)cc1Br. The predicted octanol–water partition coefficient (Wildman–Crippen LogP) is 9.37. The van der Waals surface area contributed by atoms with E-state index in [1.54, 1.807) is 13.3 Å². The molecule has 1 unspecified atom stereocenters. The zero-order valence-electron chi connectivity index (χ0n) is 30.4. The van der Waals surface area contributed by atoms with Gasteiger partial charge in [0.05, 0.1) is 23.3 Å². The average Bonchev–Trinajstić information content (AvgIpc) is 3.62. The quantitative estimate of drug-likeness (QED) is 0.142. The summed E-state index contributed by atoms with van der Waals surface area (Å²) >= 11 is 3.69. The summed E-state index contributed by atoms with van der Waals surface area (Å²) in [5.74, 6) is 2.54. The van der Waals surface area contributed by atoms with E-state index in [0.29, 0.717) is 40.5 Å². The van der Waals surface area contributed by atoms with Gasteiger partial charge in [0.2, 0.25) is 0 Å². The van der Waals surface area contributed by atoms with Crippen molar-refractivity contribution in [1.82, 2.24) is 19.8 Å². The molecule has 0 bridgehead atoms. The Labute approximate surface area is 315 Å². The van der Waals surface area contributed by atoms with Crippen LogP contribution in [0.2, 0.25) is 0 Å². The second-order valence-corrected chi connectivity index (χ2v) is 16.2. The topological polar surface area (TPSA) is 73.9 Å². The number of nitrogens with zero attached hydrogens (tertiary/aromatic N) is 4. The van der Waals surface area contributed by atoms with E-state index in [9.17, 15) is 4.79 Å². The lowest BCUT2D eigenvalue weighted by molar-refractivity contribution is -0.0628. The summed E-state index contributed by atoms with van der Waals surface area (Å²) in [4.78, 5) is 27.5. The first-order chi connectivity index (χ1) is 25.3. The molecule has 0 amide bonds. The Hall–Kier alpha value is -4.18. The van der Waals surface area contributed by atoms with Gasteiger partial charge in [0.15, 0.2) is 6.29 Å². The van der Waals surface area contributed by atoms with Crippen LogP contribution in [0.1, 0.15) is 78.5 Å². The lowest BCUT2D eigenvalue weighted by atomic mass is 9.59. The third-order valence-electron chi connectivity index (χ3n) is 11.8. The van der Waals surface area contributed by atoms with Gasteiger partial charge in [-0.1, -0.05) is 44.2 Å². The number of aromatic amines is 1. The molecule has 2 saturated heterocycles. The number of H-pyrrole nitrogens is 1. The Morgan fingerprint density at radius 3 is 2.58 bits per heavy atom. The van der Waals surface area contributed by atoms with Crippen molar-refractivity contribution >= 4 is 38.9 Å². The lowest BCUT2D eigenvalue weighted by Crippen LogP contribution is -2.60. The van der Waals surface area contributed by atoms with Crippen LogP contribution in [-0.4, -0.2) is 71.9 Å². The Balaban J connectivity index is 0.941. The van der Waals surface area contributed by atoms with Gasteiger partial charge in [-0.2, -0.15) is 0 Å². The number of carbonyl (C=O) groups is 1. The van der Waals surface area contributed by atoms with Crippen molar-refractivity contribution in [3.05, 3.63) is 112 Å². The van der Waals surface area contributed by atoms with Gasteiger partial charge in [-0.05, 0) is 106 Å². The summed E-state index contributed by atoms with van der Waals surface area (Å²) in [6.45, 7) is 10.8. The molecule has 52 heavy (non-hydrogen) atoms. The zero-order valence-corrected chi connectivity index (χ0v) is 31.9. The molecule has 4 heterocycles. The number of aromatic nitrogens is 2. The summed E-state index contributed by atoms with van der Waals surface area (Å²) in [5.41, 5.74) is 7.13. The van der Waals surface area contributed by atoms with E-state index in [1.165, 1.54) is 42.4 Å². The van der Waals surface area contributed by atoms with Crippen molar-refractivity contribution in [3.8, 4) is 17.2 Å². The number of nitrogens with one attached hydrogen (secondary N) is 1. The molecule has 3 fully saturated rings. The number of carbonyl (C=O) groups excluding carboxylic acids is 1. The van der Waals surface area contributed by atoms with Crippen LogP contribution in [0.3, 0.4) is 0 Å². The number of halogens is 1. The highest BCUT2D eigenvalue weighted by Gasteiger charge is 2.50. The normalized spacial score (nSPS) is 19.6. The summed E-state index contributed by atoms with van der Waals surface area (Å²) in [6, 6.07) is 26.5. The Bertz CT molecular complexity index is 2050. The highest BCUT2D eigenvalue weighted by atomic mass is 79.9. The standard InChI is InChI=1S/C43H48BrN5O3/c1-29(2)36-6-4-5-7-37(36)39-27-47(26-30-8-11-40(51-3)38(44)20-30)18-19-49(39)34-23-43(24-34)13-16-48(17-14-43)33-10-9-32(28-50)41(22-33)52-35-21-31-12-15-45-42(31)46-25-35/h4-12,15,20-22,25,28-29,34,39H,13-14,16-19,23-24,26-27H2,1-3H3,(H,45,46). The molecule has 1 atom stereocenters. The molecule has 9 heteroatoms. The maximum Gasteiger partial charge on any atom is 0.153 e. The first-order valence-electron chi connectivity index (χ1n) is 18.7. The molecule has 270 valence electrons. The highest BCUT2D eigenvalue weighted by Crippen LogP contribution is 2.53. The van der Waals surface area contributed by atoms with Gasteiger partial charge in [-0.3, -0.25) is 14.6 Å². The number of aldehydes is 1. The largest absolute Gasteiger partial charge is 0.496 e. The van der Waals surface area contributed by atoms with Gasteiger partial charge in [0.25, 0.3) is 0 Å². The molecular weight excluding hydrogens is 714 g/mol. The maximum atomic E-state index is 11.9. The number of anilines is 1. The Kier molecular flexibility index (Phi) is 9.85. The van der Waals surface area contributed by atoms with Crippen molar-refractivity contribution in [2.45, 2.75) is 64.1 Å². The van der Waals surface area contributed by atoms with Crippen LogP contribution >= 0.6 is 15.9 Å². The van der Waals surface area contributed by atoms with Gasteiger partial charge in [-0.15, -0.1) is 0 Å².